The molecule has 1 N–H and O–H groups in total. The van der Waals surface area contributed by atoms with E-state index in [-0.39, 0.29) is 35.1 Å². The maximum Gasteiger partial charge on any atom is 0.416 e. The predicted molar refractivity (Wildman–Crippen MR) is 129 cm³/mol. The summed E-state index contributed by atoms with van der Waals surface area (Å²) in [4.78, 5) is 44.3. The highest BCUT2D eigenvalue weighted by molar-refractivity contribution is 6.23. The molecule has 10 heteroatoms. The van der Waals surface area contributed by atoms with Gasteiger partial charge in [-0.15, -0.1) is 0 Å². The van der Waals surface area contributed by atoms with Crippen LogP contribution in [0.5, 0.6) is 0 Å². The summed E-state index contributed by atoms with van der Waals surface area (Å²) < 4.78 is 39.4. The second-order valence-corrected chi connectivity index (χ2v) is 9.96. The van der Waals surface area contributed by atoms with Crippen molar-refractivity contribution < 1.29 is 32.7 Å². The molecule has 196 valence electrons. The van der Waals surface area contributed by atoms with E-state index < -0.39 is 29.7 Å². The van der Waals surface area contributed by atoms with Gasteiger partial charge in [0.2, 0.25) is 5.91 Å². The van der Waals surface area contributed by atoms with Gasteiger partial charge < -0.3 is 14.9 Å². The smallest absolute Gasteiger partial charge is 0.391 e. The first-order valence-corrected chi connectivity index (χ1v) is 12.5. The molecule has 0 unspecified atom stereocenters. The maximum atomic E-state index is 13.4. The minimum absolute atomic E-state index is 0.00963. The van der Waals surface area contributed by atoms with Crippen molar-refractivity contribution in [2.45, 2.75) is 44.5 Å². The minimum Gasteiger partial charge on any atom is -0.391 e. The number of hydrogen-bond acceptors (Lipinski definition) is 5. The van der Waals surface area contributed by atoms with Gasteiger partial charge in [-0.25, -0.2) is 0 Å². The molecule has 2 aromatic rings. The SMILES string of the molecule is O=C([C@H]1CCCN(c2cccc3c2C(=O)N(Cc2cccc(C(F)(F)F)c2)C3=O)C1)N1CCC[C@H](O)C1. The number of β-amino-alcohol motifs (C(OH)–C–C–N with tert-alkyl or cyclic N) is 1. The van der Waals surface area contributed by atoms with Gasteiger partial charge in [-0.3, -0.25) is 19.3 Å². The lowest BCUT2D eigenvalue weighted by atomic mass is 9.94. The van der Waals surface area contributed by atoms with E-state index in [1.54, 1.807) is 23.1 Å². The van der Waals surface area contributed by atoms with E-state index in [2.05, 4.69) is 0 Å². The van der Waals surface area contributed by atoms with Crippen LogP contribution in [0.3, 0.4) is 0 Å². The lowest BCUT2D eigenvalue weighted by Gasteiger charge is -2.38. The molecule has 2 fully saturated rings. The average molecular weight is 516 g/mol. The molecule has 37 heavy (non-hydrogen) atoms. The third-order valence-corrected chi connectivity index (χ3v) is 7.39. The fourth-order valence-corrected chi connectivity index (χ4v) is 5.56. The van der Waals surface area contributed by atoms with Crippen molar-refractivity contribution in [2.24, 2.45) is 5.92 Å². The minimum atomic E-state index is -4.53. The Hall–Kier alpha value is -3.40. The molecular weight excluding hydrogens is 487 g/mol. The molecule has 0 radical (unpaired) electrons. The van der Waals surface area contributed by atoms with Gasteiger partial charge >= 0.3 is 6.18 Å². The first-order valence-electron chi connectivity index (χ1n) is 12.5. The van der Waals surface area contributed by atoms with Crippen molar-refractivity contribution in [1.29, 1.82) is 0 Å². The van der Waals surface area contributed by atoms with Crippen molar-refractivity contribution in [3.63, 3.8) is 0 Å². The van der Waals surface area contributed by atoms with Gasteiger partial charge in [-0.05, 0) is 55.5 Å². The summed E-state index contributed by atoms with van der Waals surface area (Å²) in [6, 6.07) is 9.58. The first-order chi connectivity index (χ1) is 17.6. The number of carbonyl (C=O) groups is 3. The quantitative estimate of drug-likeness (QED) is 0.629. The molecular formula is C27H28F3N3O4. The Labute approximate surface area is 212 Å². The number of alkyl halides is 3. The van der Waals surface area contributed by atoms with Crippen LogP contribution in [0.2, 0.25) is 0 Å². The van der Waals surface area contributed by atoms with E-state index in [1.807, 2.05) is 4.90 Å². The van der Waals surface area contributed by atoms with Crippen LogP contribution in [0, 0.1) is 5.92 Å². The number of benzene rings is 2. The van der Waals surface area contributed by atoms with Gasteiger partial charge in [0.1, 0.15) is 0 Å². The molecule has 3 heterocycles. The van der Waals surface area contributed by atoms with Crippen molar-refractivity contribution >= 4 is 23.4 Å². The van der Waals surface area contributed by atoms with Crippen LogP contribution in [-0.2, 0) is 17.5 Å². The van der Waals surface area contributed by atoms with E-state index >= 15 is 0 Å². The number of halogens is 3. The Morgan fingerprint density at radius 2 is 1.73 bits per heavy atom. The number of carbonyl (C=O) groups excluding carboxylic acids is 3. The average Bonchev–Trinajstić information content (AvgIpc) is 3.13. The molecule has 2 saturated heterocycles. The molecule has 0 spiro atoms. The second-order valence-electron chi connectivity index (χ2n) is 9.96. The number of nitrogens with zero attached hydrogens (tertiary/aromatic N) is 3. The molecule has 3 aliphatic rings. The van der Waals surface area contributed by atoms with Crippen molar-refractivity contribution in [1.82, 2.24) is 9.80 Å². The molecule has 2 atom stereocenters. The zero-order valence-electron chi connectivity index (χ0n) is 20.2. The molecule has 0 bridgehead atoms. The Morgan fingerprint density at radius 3 is 2.49 bits per heavy atom. The van der Waals surface area contributed by atoms with Gasteiger partial charge in [0, 0.05) is 26.2 Å². The number of fused-ring (bicyclic) bond motifs is 1. The Balaban J connectivity index is 1.36. The van der Waals surface area contributed by atoms with Gasteiger partial charge in [0.05, 0.1) is 40.9 Å². The normalized spacial score (nSPS) is 22.4. The molecule has 0 aliphatic carbocycles. The standard InChI is InChI=1S/C27H28F3N3O4/c28-27(29,30)19-7-1-5-17(13-19)14-33-25(36)21-9-2-10-22(23(21)26(33)37)31-11-3-6-18(15-31)24(35)32-12-4-8-20(34)16-32/h1-2,5,7,9-10,13,18,20,34H,3-4,6,8,11-12,14-16H2/t18-,20-/m0/s1. The number of aliphatic hydroxyl groups excluding tert-OH is 1. The van der Waals surface area contributed by atoms with Gasteiger partial charge in [-0.2, -0.15) is 13.2 Å². The van der Waals surface area contributed by atoms with E-state index in [9.17, 15) is 32.7 Å². The van der Waals surface area contributed by atoms with E-state index in [0.717, 1.165) is 29.9 Å². The Kier molecular flexibility index (Phi) is 6.70. The summed E-state index contributed by atoms with van der Waals surface area (Å²) in [7, 11) is 0. The summed E-state index contributed by atoms with van der Waals surface area (Å²) in [5, 5.41) is 9.97. The summed E-state index contributed by atoms with van der Waals surface area (Å²) in [6.45, 7) is 1.67. The van der Waals surface area contributed by atoms with Crippen LogP contribution in [-0.4, -0.2) is 64.9 Å². The zero-order valence-corrected chi connectivity index (χ0v) is 20.2. The van der Waals surface area contributed by atoms with Crippen LogP contribution < -0.4 is 4.90 Å². The summed E-state index contributed by atoms with van der Waals surface area (Å²) in [5.41, 5.74) is 0.354. The molecule has 0 saturated carbocycles. The van der Waals surface area contributed by atoms with Crippen LogP contribution in [0.4, 0.5) is 18.9 Å². The molecule has 3 amide bonds. The van der Waals surface area contributed by atoms with Crippen LogP contribution in [0.15, 0.2) is 42.5 Å². The number of anilines is 1. The van der Waals surface area contributed by atoms with Crippen molar-refractivity contribution in [3.05, 3.63) is 64.7 Å². The van der Waals surface area contributed by atoms with Crippen molar-refractivity contribution in [3.8, 4) is 0 Å². The lowest BCUT2D eigenvalue weighted by molar-refractivity contribution is -0.139. The van der Waals surface area contributed by atoms with Gasteiger partial charge in [-0.1, -0.05) is 18.2 Å². The Bertz CT molecular complexity index is 1230. The third-order valence-electron chi connectivity index (χ3n) is 7.39. The molecule has 7 nitrogen and oxygen atoms in total. The number of piperidine rings is 2. The Morgan fingerprint density at radius 1 is 0.973 bits per heavy atom. The van der Waals surface area contributed by atoms with Gasteiger partial charge in [0.25, 0.3) is 11.8 Å². The topological polar surface area (TPSA) is 81.2 Å². The largest absolute Gasteiger partial charge is 0.416 e. The fraction of sp³-hybridized carbons (Fsp3) is 0.444. The highest BCUT2D eigenvalue weighted by atomic mass is 19.4. The maximum absolute atomic E-state index is 13.4. The zero-order chi connectivity index (χ0) is 26.3. The van der Waals surface area contributed by atoms with E-state index in [0.29, 0.717) is 44.7 Å². The van der Waals surface area contributed by atoms with Crippen LogP contribution in [0.1, 0.15) is 57.5 Å². The number of rotatable bonds is 4. The highest BCUT2D eigenvalue weighted by Crippen LogP contribution is 2.36. The lowest BCUT2D eigenvalue weighted by Crippen LogP contribution is -2.49. The van der Waals surface area contributed by atoms with Crippen LogP contribution in [0.25, 0.3) is 0 Å². The van der Waals surface area contributed by atoms with E-state index in [1.165, 1.54) is 12.1 Å². The van der Waals surface area contributed by atoms with Crippen molar-refractivity contribution in [2.75, 3.05) is 31.1 Å². The number of likely N-dealkylation sites (tertiary alicyclic amines) is 1. The summed E-state index contributed by atoms with van der Waals surface area (Å²) in [6.07, 6.45) is -2.17. The second kappa shape index (κ2) is 9.81. The van der Waals surface area contributed by atoms with E-state index in [4.69, 9.17) is 0 Å². The van der Waals surface area contributed by atoms with Crippen LogP contribution >= 0.6 is 0 Å². The number of hydrogen-bond donors (Lipinski definition) is 1. The summed E-state index contributed by atoms with van der Waals surface area (Å²) >= 11 is 0. The first kappa shape index (κ1) is 25.3. The molecule has 0 aromatic heterocycles. The summed E-state index contributed by atoms with van der Waals surface area (Å²) in [5.74, 6) is -1.40. The monoisotopic (exact) mass is 515 g/mol. The van der Waals surface area contributed by atoms with Gasteiger partial charge in [0.15, 0.2) is 0 Å². The molecule has 5 rings (SSSR count). The number of aliphatic hydroxyl groups is 1. The third kappa shape index (κ3) is 4.94. The fourth-order valence-electron chi connectivity index (χ4n) is 5.56. The number of amides is 3. The highest BCUT2D eigenvalue weighted by Gasteiger charge is 2.40. The number of imide groups is 1. The predicted octanol–water partition coefficient (Wildman–Crippen LogP) is 3.70. The molecule has 3 aliphatic heterocycles. The molecule has 2 aromatic carbocycles.